The Morgan fingerprint density at radius 1 is 1.23 bits per heavy atom. The van der Waals surface area contributed by atoms with Crippen LogP contribution in [-0.4, -0.2) is 23.0 Å². The summed E-state index contributed by atoms with van der Waals surface area (Å²) in [5.74, 6) is 1.10. The molecule has 0 aromatic heterocycles. The molecular formula is C20H32N2. The van der Waals surface area contributed by atoms with E-state index in [2.05, 4.69) is 60.6 Å². The summed E-state index contributed by atoms with van der Waals surface area (Å²) in [6.45, 7) is 15.9. The van der Waals surface area contributed by atoms with E-state index in [1.165, 1.54) is 16.9 Å². The molecule has 0 saturated carbocycles. The van der Waals surface area contributed by atoms with Gasteiger partial charge in [0.15, 0.2) is 0 Å². The van der Waals surface area contributed by atoms with Gasteiger partial charge < -0.3 is 0 Å². The topological polar surface area (TPSA) is 24.7 Å². The highest BCUT2D eigenvalue weighted by Crippen LogP contribution is 2.42. The smallest absolute Gasteiger partial charge is 0.0649 e. The molecule has 0 spiro atoms. The molecule has 0 aromatic rings. The van der Waals surface area contributed by atoms with E-state index >= 15 is 0 Å². The summed E-state index contributed by atoms with van der Waals surface area (Å²) in [5.41, 5.74) is 5.21. The van der Waals surface area contributed by atoms with E-state index in [1.807, 2.05) is 0 Å². The summed E-state index contributed by atoms with van der Waals surface area (Å²) in [6, 6.07) is 0.386. The summed E-state index contributed by atoms with van der Waals surface area (Å²) >= 11 is 0. The van der Waals surface area contributed by atoms with E-state index in [9.17, 15) is 0 Å². The molecule has 2 heteroatoms. The fourth-order valence-electron chi connectivity index (χ4n) is 3.44. The molecule has 0 radical (unpaired) electrons. The third-order valence-corrected chi connectivity index (χ3v) is 5.85. The van der Waals surface area contributed by atoms with Gasteiger partial charge in [-0.05, 0) is 68.2 Å². The first-order valence-corrected chi connectivity index (χ1v) is 8.96. The Balaban J connectivity index is 2.53. The lowest BCUT2D eigenvalue weighted by molar-refractivity contribution is 0.245. The number of nitrogens with zero attached hydrogens (tertiary/aromatic N) is 2. The monoisotopic (exact) mass is 300 g/mol. The van der Waals surface area contributed by atoms with Crippen LogP contribution in [0.4, 0.5) is 0 Å². The summed E-state index contributed by atoms with van der Waals surface area (Å²) in [5, 5.41) is 0. The number of allylic oxidation sites excluding steroid dienone is 4. The van der Waals surface area contributed by atoms with Gasteiger partial charge in [-0.1, -0.05) is 34.6 Å². The van der Waals surface area contributed by atoms with Crippen LogP contribution >= 0.6 is 0 Å². The van der Waals surface area contributed by atoms with Crippen LogP contribution in [0.3, 0.4) is 0 Å². The van der Waals surface area contributed by atoms with Gasteiger partial charge in [-0.3, -0.25) is 9.98 Å². The minimum Gasteiger partial charge on any atom is -0.282 e. The van der Waals surface area contributed by atoms with Crippen molar-refractivity contribution in [3.05, 3.63) is 23.3 Å². The van der Waals surface area contributed by atoms with Gasteiger partial charge in [0.1, 0.15) is 0 Å². The molecule has 1 aliphatic carbocycles. The largest absolute Gasteiger partial charge is 0.282 e. The van der Waals surface area contributed by atoms with Crippen molar-refractivity contribution < 1.29 is 0 Å². The molecule has 0 aromatic carbocycles. The van der Waals surface area contributed by atoms with Gasteiger partial charge >= 0.3 is 0 Å². The number of hydrogen-bond acceptors (Lipinski definition) is 2. The summed E-state index contributed by atoms with van der Waals surface area (Å²) in [7, 11) is 0. The minimum absolute atomic E-state index is 0.0612. The molecule has 2 rings (SSSR count). The van der Waals surface area contributed by atoms with Crippen LogP contribution in [-0.2, 0) is 0 Å². The van der Waals surface area contributed by atoms with Gasteiger partial charge in [-0.25, -0.2) is 0 Å². The first-order chi connectivity index (χ1) is 10.4. The molecular weight excluding hydrogens is 268 g/mol. The van der Waals surface area contributed by atoms with E-state index in [0.717, 1.165) is 25.0 Å². The van der Waals surface area contributed by atoms with E-state index in [-0.39, 0.29) is 5.54 Å². The molecule has 2 aliphatic rings. The van der Waals surface area contributed by atoms with Crippen LogP contribution in [0.25, 0.3) is 0 Å². The highest BCUT2D eigenvalue weighted by Gasteiger charge is 2.41. The zero-order valence-corrected chi connectivity index (χ0v) is 15.4. The van der Waals surface area contributed by atoms with Crippen molar-refractivity contribution in [2.24, 2.45) is 21.8 Å². The standard InChI is InChI=1S/C20H32N2/c1-8-13(4)21-17-11-16(9-2)19-18(12-17)14(5)15(6)20(7,10-3)22-19/h11-15H,8-10H2,1-7H3. The highest BCUT2D eigenvalue weighted by molar-refractivity contribution is 6.24. The lowest BCUT2D eigenvalue weighted by atomic mass is 9.68. The van der Waals surface area contributed by atoms with Crippen molar-refractivity contribution in [3.8, 4) is 0 Å². The SMILES string of the molecule is CCC1=CC(=NC(C)CC)C=C2C1=NC(C)(CC)C(C)C2C. The van der Waals surface area contributed by atoms with Crippen molar-refractivity contribution in [3.63, 3.8) is 0 Å². The zero-order chi connectivity index (χ0) is 16.5. The Morgan fingerprint density at radius 2 is 1.91 bits per heavy atom. The number of rotatable bonds is 4. The average Bonchev–Trinajstić information content (AvgIpc) is 2.52. The Bertz CT molecular complexity index is 550. The van der Waals surface area contributed by atoms with Gasteiger partial charge in [0, 0.05) is 6.04 Å². The van der Waals surface area contributed by atoms with E-state index in [1.54, 1.807) is 0 Å². The summed E-state index contributed by atoms with van der Waals surface area (Å²) < 4.78 is 0. The molecule has 4 atom stereocenters. The van der Waals surface area contributed by atoms with E-state index in [4.69, 9.17) is 9.98 Å². The second-order valence-electron chi connectivity index (χ2n) is 7.18. The molecule has 122 valence electrons. The number of hydrogen-bond donors (Lipinski definition) is 0. The maximum Gasteiger partial charge on any atom is 0.0649 e. The Morgan fingerprint density at radius 3 is 2.45 bits per heavy atom. The molecule has 1 heterocycles. The third kappa shape index (κ3) is 2.98. The fraction of sp³-hybridized carbons (Fsp3) is 0.700. The minimum atomic E-state index is 0.0612. The van der Waals surface area contributed by atoms with Crippen LogP contribution in [0.1, 0.15) is 67.7 Å². The van der Waals surface area contributed by atoms with Crippen molar-refractivity contribution in [2.45, 2.75) is 79.3 Å². The quantitative estimate of drug-likeness (QED) is 0.621. The van der Waals surface area contributed by atoms with Crippen LogP contribution < -0.4 is 0 Å². The first-order valence-electron chi connectivity index (χ1n) is 8.96. The van der Waals surface area contributed by atoms with Gasteiger partial charge in [0.2, 0.25) is 0 Å². The average molecular weight is 300 g/mol. The maximum atomic E-state index is 5.20. The zero-order valence-electron chi connectivity index (χ0n) is 15.4. The molecule has 0 fully saturated rings. The Labute approximate surface area is 136 Å². The molecule has 0 bridgehead atoms. The fourth-order valence-corrected chi connectivity index (χ4v) is 3.44. The van der Waals surface area contributed by atoms with Gasteiger partial charge in [-0.2, -0.15) is 0 Å². The second-order valence-corrected chi connectivity index (χ2v) is 7.18. The van der Waals surface area contributed by atoms with Crippen molar-refractivity contribution in [1.29, 1.82) is 0 Å². The molecule has 22 heavy (non-hydrogen) atoms. The van der Waals surface area contributed by atoms with Gasteiger partial charge in [-0.15, -0.1) is 0 Å². The normalized spacial score (nSPS) is 34.7. The van der Waals surface area contributed by atoms with Crippen LogP contribution in [0, 0.1) is 11.8 Å². The molecule has 1 aliphatic heterocycles. The van der Waals surface area contributed by atoms with E-state index < -0.39 is 0 Å². The maximum absolute atomic E-state index is 5.20. The van der Waals surface area contributed by atoms with Crippen LogP contribution in [0.15, 0.2) is 33.3 Å². The molecule has 0 amide bonds. The van der Waals surface area contributed by atoms with Crippen molar-refractivity contribution in [1.82, 2.24) is 0 Å². The molecule has 0 saturated heterocycles. The van der Waals surface area contributed by atoms with Crippen molar-refractivity contribution in [2.75, 3.05) is 0 Å². The van der Waals surface area contributed by atoms with Gasteiger partial charge in [0.25, 0.3) is 0 Å². The highest BCUT2D eigenvalue weighted by atomic mass is 14.9. The first kappa shape index (κ1) is 17.2. The third-order valence-electron chi connectivity index (χ3n) is 5.85. The van der Waals surface area contributed by atoms with Crippen LogP contribution in [0.5, 0.6) is 0 Å². The predicted molar refractivity (Wildman–Crippen MR) is 98.1 cm³/mol. The summed E-state index contributed by atoms with van der Waals surface area (Å²) in [4.78, 5) is 10.1. The predicted octanol–water partition coefficient (Wildman–Crippen LogP) is 5.40. The van der Waals surface area contributed by atoms with Crippen molar-refractivity contribution >= 4 is 11.4 Å². The number of fused-ring (bicyclic) bond motifs is 1. The second kappa shape index (κ2) is 6.52. The molecule has 2 nitrogen and oxygen atoms in total. The summed E-state index contributed by atoms with van der Waals surface area (Å²) in [6.07, 6.45) is 7.76. The van der Waals surface area contributed by atoms with Gasteiger partial charge in [0.05, 0.1) is 17.0 Å². The lowest BCUT2D eigenvalue weighted by Crippen LogP contribution is -2.42. The molecule has 0 N–H and O–H groups in total. The Hall–Kier alpha value is -1.18. The Kier molecular flexibility index (Phi) is 5.09. The van der Waals surface area contributed by atoms with Crippen LogP contribution in [0.2, 0.25) is 0 Å². The molecule has 4 unspecified atom stereocenters. The van der Waals surface area contributed by atoms with E-state index in [0.29, 0.717) is 17.9 Å². The lowest BCUT2D eigenvalue weighted by Gasteiger charge is -2.43. The number of aliphatic imine (C=N–C) groups is 2.